The number of nitrogens with one attached hydrogen (secondary N) is 1. The number of aryl methyl sites for hydroxylation is 1. The van der Waals surface area contributed by atoms with E-state index in [4.69, 9.17) is 5.73 Å². The highest BCUT2D eigenvalue weighted by Crippen LogP contribution is 2.28. The van der Waals surface area contributed by atoms with E-state index in [0.29, 0.717) is 16.8 Å². The first kappa shape index (κ1) is 23.0. The van der Waals surface area contributed by atoms with Crippen LogP contribution in [-0.2, 0) is 0 Å². The minimum atomic E-state index is -1.99. The summed E-state index contributed by atoms with van der Waals surface area (Å²) in [6.07, 6.45) is 1.57. The van der Waals surface area contributed by atoms with Crippen LogP contribution in [0.1, 0.15) is 33.2 Å². The molecule has 2 aromatic heterocycles. The van der Waals surface area contributed by atoms with Gasteiger partial charge >= 0.3 is 0 Å². The van der Waals surface area contributed by atoms with Crippen molar-refractivity contribution in [1.82, 2.24) is 19.9 Å². The van der Waals surface area contributed by atoms with Crippen molar-refractivity contribution in [3.05, 3.63) is 83.1 Å². The summed E-state index contributed by atoms with van der Waals surface area (Å²) in [5.74, 6) is -2.72. The van der Waals surface area contributed by atoms with Crippen molar-refractivity contribution in [3.8, 4) is 11.1 Å². The van der Waals surface area contributed by atoms with Crippen LogP contribution in [0.25, 0.3) is 16.8 Å². The molecule has 4 aromatic rings. The largest absolute Gasteiger partial charge is 0.380 e. The van der Waals surface area contributed by atoms with Gasteiger partial charge in [0, 0.05) is 17.3 Å². The molecule has 0 saturated carbocycles. The normalized spacial score (nSPS) is 13.0. The molecule has 0 radical (unpaired) electrons. The summed E-state index contributed by atoms with van der Waals surface area (Å²) in [6.45, 7) is 2.32. The lowest BCUT2D eigenvalue weighted by atomic mass is 9.94. The average molecular weight is 465 g/mol. The number of pyridine rings is 1. The van der Waals surface area contributed by atoms with Crippen molar-refractivity contribution >= 4 is 23.3 Å². The maximum Gasteiger partial charge on any atom is 0.254 e. The van der Waals surface area contributed by atoms with Crippen LogP contribution in [0.5, 0.6) is 0 Å². The first-order valence-electron chi connectivity index (χ1n) is 10.3. The Labute approximate surface area is 193 Å². The zero-order chi connectivity index (χ0) is 24.6. The van der Waals surface area contributed by atoms with Crippen LogP contribution >= 0.6 is 0 Å². The third kappa shape index (κ3) is 4.35. The van der Waals surface area contributed by atoms with E-state index < -0.39 is 35.5 Å². The highest BCUT2D eigenvalue weighted by Gasteiger charge is 2.32. The molecule has 0 spiro atoms. The van der Waals surface area contributed by atoms with Gasteiger partial charge < -0.3 is 16.2 Å². The number of aromatic nitrogens is 3. The van der Waals surface area contributed by atoms with Gasteiger partial charge in [0.05, 0.1) is 12.1 Å². The Kier molecular flexibility index (Phi) is 5.84. The maximum atomic E-state index is 15.5. The predicted molar refractivity (Wildman–Crippen MR) is 121 cm³/mol. The average Bonchev–Trinajstić information content (AvgIpc) is 3.17. The fraction of sp³-hybridized carbons (Fsp3) is 0.167. The van der Waals surface area contributed by atoms with Crippen molar-refractivity contribution in [2.45, 2.75) is 19.4 Å². The number of hydrogen-bond donors (Lipinski definition) is 3. The number of amides is 1. The van der Waals surface area contributed by atoms with Crippen LogP contribution in [0.15, 0.2) is 54.7 Å². The molecule has 2 heterocycles. The lowest BCUT2D eigenvalue weighted by Crippen LogP contribution is -2.47. The summed E-state index contributed by atoms with van der Waals surface area (Å²) in [5.41, 5.74) is 4.87. The van der Waals surface area contributed by atoms with E-state index in [1.165, 1.54) is 23.6 Å². The SMILES string of the molecule is Cc1ccc(-c2ccn3nc(N)nc3c2)c(F)c1C(=O)NCC(C)(O)C(=O)c1ccc(F)cc1. The number of ketones is 1. The third-order valence-corrected chi connectivity index (χ3v) is 5.43. The van der Waals surface area contributed by atoms with Crippen molar-refractivity contribution < 1.29 is 23.5 Å². The van der Waals surface area contributed by atoms with E-state index in [1.54, 1.807) is 37.4 Å². The number of aliphatic hydroxyl groups is 1. The Hall–Kier alpha value is -4.18. The Morgan fingerprint density at radius 1 is 1.15 bits per heavy atom. The molecular weight excluding hydrogens is 444 g/mol. The zero-order valence-electron chi connectivity index (χ0n) is 18.3. The number of carbonyl (C=O) groups is 2. The quantitative estimate of drug-likeness (QED) is 0.377. The number of hydrogen-bond acceptors (Lipinski definition) is 6. The molecule has 10 heteroatoms. The lowest BCUT2D eigenvalue weighted by Gasteiger charge is -2.23. The number of carbonyl (C=O) groups excluding carboxylic acids is 2. The second-order valence-corrected chi connectivity index (χ2v) is 8.10. The van der Waals surface area contributed by atoms with Crippen LogP contribution in [-0.4, -0.2) is 43.5 Å². The van der Waals surface area contributed by atoms with Crippen molar-refractivity contribution in [1.29, 1.82) is 0 Å². The minimum Gasteiger partial charge on any atom is -0.380 e. The molecule has 0 aliphatic rings. The maximum absolute atomic E-state index is 15.5. The van der Waals surface area contributed by atoms with Gasteiger partial charge in [0.25, 0.3) is 5.91 Å². The first-order valence-corrected chi connectivity index (χ1v) is 10.3. The summed E-state index contributed by atoms with van der Waals surface area (Å²) >= 11 is 0. The lowest BCUT2D eigenvalue weighted by molar-refractivity contribution is 0.0401. The number of rotatable bonds is 6. The fourth-order valence-electron chi connectivity index (χ4n) is 3.57. The van der Waals surface area contributed by atoms with E-state index in [1.807, 2.05) is 0 Å². The van der Waals surface area contributed by atoms with E-state index in [-0.39, 0.29) is 22.6 Å². The highest BCUT2D eigenvalue weighted by atomic mass is 19.1. The predicted octanol–water partition coefficient (Wildman–Crippen LogP) is 2.93. The van der Waals surface area contributed by atoms with Gasteiger partial charge in [-0.3, -0.25) is 9.59 Å². The smallest absolute Gasteiger partial charge is 0.254 e. The first-order chi connectivity index (χ1) is 16.1. The van der Waals surface area contributed by atoms with Crippen molar-refractivity contribution in [3.63, 3.8) is 0 Å². The number of nitrogen functional groups attached to an aromatic ring is 1. The van der Waals surface area contributed by atoms with Gasteiger partial charge in [-0.15, -0.1) is 5.10 Å². The molecule has 0 fully saturated rings. The molecule has 2 aromatic carbocycles. The van der Waals surface area contributed by atoms with Crippen molar-refractivity contribution in [2.24, 2.45) is 0 Å². The summed E-state index contributed by atoms with van der Waals surface area (Å²) < 4.78 is 30.0. The molecular formula is C24H21F2N5O3. The van der Waals surface area contributed by atoms with Crippen molar-refractivity contribution in [2.75, 3.05) is 12.3 Å². The molecule has 0 aliphatic heterocycles. The van der Waals surface area contributed by atoms with Gasteiger partial charge in [-0.2, -0.15) is 4.98 Å². The number of halogens is 2. The zero-order valence-corrected chi connectivity index (χ0v) is 18.3. The number of nitrogens with two attached hydrogens (primary N) is 1. The minimum absolute atomic E-state index is 0.0730. The van der Waals surface area contributed by atoms with Crippen LogP contribution in [0.4, 0.5) is 14.7 Å². The molecule has 1 amide bonds. The van der Waals surface area contributed by atoms with E-state index in [2.05, 4.69) is 15.4 Å². The molecule has 0 saturated heterocycles. The molecule has 0 bridgehead atoms. The number of nitrogens with zero attached hydrogens (tertiary/aromatic N) is 3. The summed E-state index contributed by atoms with van der Waals surface area (Å²) in [7, 11) is 0. The van der Waals surface area contributed by atoms with Crippen LogP contribution in [0.2, 0.25) is 0 Å². The van der Waals surface area contributed by atoms with Gasteiger partial charge in [0.1, 0.15) is 17.2 Å². The molecule has 8 nitrogen and oxygen atoms in total. The summed E-state index contributed by atoms with van der Waals surface area (Å²) in [6, 6.07) is 11.0. The second kappa shape index (κ2) is 8.64. The van der Waals surface area contributed by atoms with Crippen LogP contribution < -0.4 is 11.1 Å². The Morgan fingerprint density at radius 3 is 2.56 bits per heavy atom. The van der Waals surface area contributed by atoms with Gasteiger partial charge in [0.2, 0.25) is 5.95 Å². The number of anilines is 1. The standard InChI is InChI=1S/C24H21F2N5O3/c1-13-3-8-17(15-9-10-31-18(11-15)29-23(27)30-31)20(26)19(13)22(33)28-12-24(2,34)21(32)14-4-6-16(25)7-5-14/h3-11,34H,12H2,1-2H3,(H2,27,30)(H,28,33). The Morgan fingerprint density at radius 2 is 1.85 bits per heavy atom. The Bertz CT molecular complexity index is 1410. The van der Waals surface area contributed by atoms with E-state index in [0.717, 1.165) is 12.1 Å². The monoisotopic (exact) mass is 465 g/mol. The van der Waals surface area contributed by atoms with Gasteiger partial charge in [0.15, 0.2) is 11.4 Å². The summed E-state index contributed by atoms with van der Waals surface area (Å²) in [4.78, 5) is 29.5. The molecule has 1 unspecified atom stereocenters. The van der Waals surface area contributed by atoms with Gasteiger partial charge in [-0.1, -0.05) is 12.1 Å². The summed E-state index contributed by atoms with van der Waals surface area (Å²) in [5, 5.41) is 17.0. The van der Waals surface area contributed by atoms with Crippen LogP contribution in [0, 0.1) is 18.6 Å². The number of Topliss-reactive ketones (excluding diaryl/α,β-unsaturated/α-hetero) is 1. The molecule has 0 aliphatic carbocycles. The number of fused-ring (bicyclic) bond motifs is 1. The number of benzene rings is 2. The fourth-order valence-corrected chi connectivity index (χ4v) is 3.57. The third-order valence-electron chi connectivity index (χ3n) is 5.43. The van der Waals surface area contributed by atoms with Gasteiger partial charge in [-0.25, -0.2) is 13.3 Å². The van der Waals surface area contributed by atoms with E-state index >= 15 is 4.39 Å². The Balaban J connectivity index is 1.58. The van der Waals surface area contributed by atoms with E-state index in [9.17, 15) is 19.1 Å². The molecule has 1 atom stereocenters. The second-order valence-electron chi connectivity index (χ2n) is 8.10. The van der Waals surface area contributed by atoms with Crippen LogP contribution in [0.3, 0.4) is 0 Å². The molecule has 34 heavy (non-hydrogen) atoms. The topological polar surface area (TPSA) is 123 Å². The molecule has 4 N–H and O–H groups in total. The molecule has 174 valence electrons. The highest BCUT2D eigenvalue weighted by molar-refractivity contribution is 6.03. The van der Waals surface area contributed by atoms with Gasteiger partial charge in [-0.05, 0) is 61.4 Å². The molecule has 4 rings (SSSR count).